The smallest absolute Gasteiger partial charge is 0.123 e. The maximum absolute atomic E-state index is 6.03. The summed E-state index contributed by atoms with van der Waals surface area (Å²) in [6.45, 7) is 3.04. The molecule has 2 aromatic carbocycles. The zero-order chi connectivity index (χ0) is 13.5. The molecular formula is C18H17NO. The van der Waals surface area contributed by atoms with Gasteiger partial charge in [-0.05, 0) is 42.1 Å². The molecular weight excluding hydrogens is 246 g/mol. The van der Waals surface area contributed by atoms with Crippen molar-refractivity contribution in [2.75, 3.05) is 0 Å². The van der Waals surface area contributed by atoms with Gasteiger partial charge < -0.3 is 9.30 Å². The first-order valence-corrected chi connectivity index (χ1v) is 7.10. The topological polar surface area (TPSA) is 14.2 Å². The van der Waals surface area contributed by atoms with Crippen LogP contribution in [0.3, 0.4) is 0 Å². The van der Waals surface area contributed by atoms with Gasteiger partial charge in [-0.2, -0.15) is 0 Å². The molecule has 1 aliphatic heterocycles. The molecule has 0 saturated heterocycles. The van der Waals surface area contributed by atoms with Gasteiger partial charge in [-0.25, -0.2) is 0 Å². The Kier molecular flexibility index (Phi) is 2.56. The second-order valence-electron chi connectivity index (χ2n) is 5.58. The van der Waals surface area contributed by atoms with E-state index in [9.17, 15) is 0 Å². The highest BCUT2D eigenvalue weighted by Crippen LogP contribution is 2.29. The van der Waals surface area contributed by atoms with E-state index >= 15 is 0 Å². The van der Waals surface area contributed by atoms with Crippen LogP contribution in [-0.2, 0) is 13.0 Å². The number of aryl methyl sites for hydroxylation is 1. The van der Waals surface area contributed by atoms with E-state index < -0.39 is 0 Å². The second kappa shape index (κ2) is 4.41. The van der Waals surface area contributed by atoms with Gasteiger partial charge in [0.05, 0.1) is 6.54 Å². The van der Waals surface area contributed by atoms with Crippen LogP contribution in [-0.4, -0.2) is 10.7 Å². The predicted molar refractivity (Wildman–Crippen MR) is 81.2 cm³/mol. The molecule has 1 unspecified atom stereocenters. The molecule has 2 nitrogen and oxygen atoms in total. The van der Waals surface area contributed by atoms with E-state index in [0.29, 0.717) is 0 Å². The van der Waals surface area contributed by atoms with Crippen molar-refractivity contribution >= 4 is 10.9 Å². The summed E-state index contributed by atoms with van der Waals surface area (Å²) in [4.78, 5) is 0. The Morgan fingerprint density at radius 1 is 1.15 bits per heavy atom. The largest absolute Gasteiger partial charge is 0.488 e. The highest BCUT2D eigenvalue weighted by atomic mass is 16.5. The summed E-state index contributed by atoms with van der Waals surface area (Å²) < 4.78 is 8.33. The van der Waals surface area contributed by atoms with Crippen LogP contribution in [0.5, 0.6) is 5.75 Å². The lowest BCUT2D eigenvalue weighted by molar-refractivity contribution is 0.211. The fourth-order valence-electron chi connectivity index (χ4n) is 3.05. The Labute approximate surface area is 118 Å². The summed E-state index contributed by atoms with van der Waals surface area (Å²) in [7, 11) is 0. The Hall–Kier alpha value is -2.22. The zero-order valence-corrected chi connectivity index (χ0v) is 11.5. The number of hydrogen-bond acceptors (Lipinski definition) is 1. The number of aromatic nitrogens is 1. The summed E-state index contributed by atoms with van der Waals surface area (Å²) in [6.07, 6.45) is 3.40. The first-order chi connectivity index (χ1) is 9.79. The lowest BCUT2D eigenvalue weighted by atomic mass is 10.1. The molecule has 1 atom stereocenters. The third kappa shape index (κ3) is 1.88. The van der Waals surface area contributed by atoms with Crippen LogP contribution in [0.4, 0.5) is 0 Å². The highest BCUT2D eigenvalue weighted by molar-refractivity contribution is 5.80. The quantitative estimate of drug-likeness (QED) is 0.682. The fraction of sp³-hybridized carbons (Fsp3) is 0.222. The second-order valence-corrected chi connectivity index (χ2v) is 5.58. The van der Waals surface area contributed by atoms with Gasteiger partial charge >= 0.3 is 0 Å². The maximum atomic E-state index is 6.03. The van der Waals surface area contributed by atoms with E-state index in [1.807, 2.05) is 6.07 Å². The van der Waals surface area contributed by atoms with Gasteiger partial charge in [0.15, 0.2) is 0 Å². The number of ether oxygens (including phenoxy) is 1. The molecule has 0 aliphatic carbocycles. The van der Waals surface area contributed by atoms with Crippen molar-refractivity contribution in [3.05, 3.63) is 65.9 Å². The van der Waals surface area contributed by atoms with Crippen LogP contribution in [0, 0.1) is 6.92 Å². The van der Waals surface area contributed by atoms with Crippen molar-refractivity contribution in [3.63, 3.8) is 0 Å². The van der Waals surface area contributed by atoms with Crippen molar-refractivity contribution in [1.29, 1.82) is 0 Å². The highest BCUT2D eigenvalue weighted by Gasteiger charge is 2.22. The Balaban J connectivity index is 1.60. The minimum Gasteiger partial charge on any atom is -0.488 e. The molecule has 0 N–H and O–H groups in total. The van der Waals surface area contributed by atoms with Crippen molar-refractivity contribution in [2.45, 2.75) is 26.0 Å². The molecule has 1 aromatic heterocycles. The molecule has 0 radical (unpaired) electrons. The first-order valence-electron chi connectivity index (χ1n) is 7.10. The van der Waals surface area contributed by atoms with Crippen LogP contribution in [0.2, 0.25) is 0 Å². The van der Waals surface area contributed by atoms with E-state index in [4.69, 9.17) is 4.74 Å². The standard InChI is InChI=1S/C18H17NO/c1-13-6-7-17-14(10-13)8-9-19(17)12-16-11-15-4-2-3-5-18(15)20-16/h2-10,16H,11-12H2,1H3. The number of nitrogens with zero attached hydrogens (tertiary/aromatic N) is 1. The van der Waals surface area contributed by atoms with E-state index in [-0.39, 0.29) is 6.10 Å². The molecule has 4 rings (SSSR count). The Bertz CT molecular complexity index is 747. The average Bonchev–Trinajstić information content (AvgIpc) is 3.02. The molecule has 100 valence electrons. The third-order valence-electron chi connectivity index (χ3n) is 4.04. The van der Waals surface area contributed by atoms with Gasteiger partial charge in [-0.1, -0.05) is 29.8 Å². The molecule has 0 fully saturated rings. The number of benzene rings is 2. The van der Waals surface area contributed by atoms with Crippen molar-refractivity contribution in [2.24, 2.45) is 0 Å². The van der Waals surface area contributed by atoms with Crippen LogP contribution < -0.4 is 4.74 Å². The summed E-state index contributed by atoms with van der Waals surface area (Å²) in [5, 5.41) is 1.31. The first kappa shape index (κ1) is 11.6. The molecule has 0 spiro atoms. The van der Waals surface area contributed by atoms with Gasteiger partial charge in [-0.15, -0.1) is 0 Å². The van der Waals surface area contributed by atoms with E-state index in [2.05, 4.69) is 60.2 Å². The number of rotatable bonds is 2. The zero-order valence-electron chi connectivity index (χ0n) is 11.5. The number of hydrogen-bond donors (Lipinski definition) is 0. The molecule has 0 bridgehead atoms. The van der Waals surface area contributed by atoms with E-state index in [1.54, 1.807) is 0 Å². The lowest BCUT2D eigenvalue weighted by Crippen LogP contribution is -2.20. The van der Waals surface area contributed by atoms with Gasteiger partial charge in [0.1, 0.15) is 11.9 Å². The van der Waals surface area contributed by atoms with Crippen LogP contribution >= 0.6 is 0 Å². The number of fused-ring (bicyclic) bond motifs is 2. The monoisotopic (exact) mass is 263 g/mol. The Morgan fingerprint density at radius 3 is 2.95 bits per heavy atom. The SMILES string of the molecule is Cc1ccc2c(ccn2CC2Cc3ccccc3O2)c1. The van der Waals surface area contributed by atoms with Gasteiger partial charge in [-0.3, -0.25) is 0 Å². The molecule has 20 heavy (non-hydrogen) atoms. The number of para-hydroxylation sites is 1. The van der Waals surface area contributed by atoms with Gasteiger partial charge in [0, 0.05) is 18.1 Å². The van der Waals surface area contributed by atoms with Crippen molar-refractivity contribution in [1.82, 2.24) is 4.57 Å². The molecule has 1 aliphatic rings. The molecule has 3 aromatic rings. The predicted octanol–water partition coefficient (Wildman–Crippen LogP) is 3.95. The van der Waals surface area contributed by atoms with E-state index in [0.717, 1.165) is 18.7 Å². The normalized spacial score (nSPS) is 17.1. The summed E-state index contributed by atoms with van der Waals surface area (Å²) in [6, 6.07) is 17.1. The summed E-state index contributed by atoms with van der Waals surface area (Å²) in [5.41, 5.74) is 3.92. The van der Waals surface area contributed by atoms with Crippen molar-refractivity contribution < 1.29 is 4.74 Å². The molecule has 2 heterocycles. The van der Waals surface area contributed by atoms with Gasteiger partial charge in [0.25, 0.3) is 0 Å². The summed E-state index contributed by atoms with van der Waals surface area (Å²) in [5.74, 6) is 1.05. The van der Waals surface area contributed by atoms with E-state index in [1.165, 1.54) is 22.0 Å². The van der Waals surface area contributed by atoms with Crippen LogP contribution in [0.1, 0.15) is 11.1 Å². The molecule has 2 heteroatoms. The molecule has 0 saturated carbocycles. The summed E-state index contributed by atoms with van der Waals surface area (Å²) >= 11 is 0. The Morgan fingerprint density at radius 2 is 2.05 bits per heavy atom. The van der Waals surface area contributed by atoms with Crippen LogP contribution in [0.15, 0.2) is 54.7 Å². The fourth-order valence-corrected chi connectivity index (χ4v) is 3.05. The van der Waals surface area contributed by atoms with Crippen LogP contribution in [0.25, 0.3) is 10.9 Å². The minimum atomic E-state index is 0.240. The van der Waals surface area contributed by atoms with Gasteiger partial charge in [0.2, 0.25) is 0 Å². The third-order valence-corrected chi connectivity index (χ3v) is 4.04. The van der Waals surface area contributed by atoms with Crippen molar-refractivity contribution in [3.8, 4) is 5.75 Å². The maximum Gasteiger partial charge on any atom is 0.123 e. The molecule has 0 amide bonds. The lowest BCUT2D eigenvalue weighted by Gasteiger charge is -2.13. The minimum absolute atomic E-state index is 0.240. The average molecular weight is 263 g/mol.